The highest BCUT2D eigenvalue weighted by molar-refractivity contribution is 6.41. The molecule has 0 radical (unpaired) electrons. The topological polar surface area (TPSA) is 58.3 Å². The molecule has 0 aliphatic carbocycles. The minimum absolute atomic E-state index is 0.107. The van der Waals surface area contributed by atoms with Crippen molar-refractivity contribution in [1.29, 1.82) is 0 Å². The highest BCUT2D eigenvalue weighted by atomic mass is 35.5. The Bertz CT molecular complexity index is 287. The molecule has 0 aliphatic heterocycles. The fourth-order valence-electron chi connectivity index (χ4n) is 1.07. The zero-order valence-electron chi connectivity index (χ0n) is 6.95. The molecule has 0 aromatic carbocycles. The maximum atomic E-state index is 8.72. The molecule has 4 nitrogen and oxygen atoms in total. The van der Waals surface area contributed by atoms with Crippen LogP contribution in [0, 0.1) is 6.92 Å². The van der Waals surface area contributed by atoms with Crippen molar-refractivity contribution in [2.24, 2.45) is 7.05 Å². The van der Waals surface area contributed by atoms with E-state index in [-0.39, 0.29) is 6.32 Å². The maximum absolute atomic E-state index is 8.72. The molecule has 12 heavy (non-hydrogen) atoms. The summed E-state index contributed by atoms with van der Waals surface area (Å²) in [5.41, 5.74) is 1.35. The van der Waals surface area contributed by atoms with Gasteiger partial charge in [0.15, 0.2) is 0 Å². The van der Waals surface area contributed by atoms with Gasteiger partial charge in [-0.1, -0.05) is 11.6 Å². The Morgan fingerprint density at radius 1 is 1.58 bits per heavy atom. The van der Waals surface area contributed by atoms with E-state index in [9.17, 15) is 0 Å². The molecule has 1 aromatic heterocycles. The van der Waals surface area contributed by atoms with Gasteiger partial charge >= 0.3 is 7.12 Å². The van der Waals surface area contributed by atoms with Gasteiger partial charge in [0.1, 0.15) is 0 Å². The molecule has 0 bridgehead atoms. The minimum atomic E-state index is -1.38. The van der Waals surface area contributed by atoms with E-state index in [1.54, 1.807) is 18.7 Å². The highest BCUT2D eigenvalue weighted by Crippen LogP contribution is 2.19. The predicted molar refractivity (Wildman–Crippen MR) is 46.9 cm³/mol. The van der Waals surface area contributed by atoms with Gasteiger partial charge in [0.05, 0.1) is 16.4 Å². The lowest BCUT2D eigenvalue weighted by Crippen LogP contribution is -2.17. The molecule has 1 heterocycles. The molecular weight excluding hydrogens is 178 g/mol. The first-order valence-corrected chi connectivity index (χ1v) is 3.94. The Balaban J connectivity index is 2.97. The van der Waals surface area contributed by atoms with Gasteiger partial charge in [-0.15, -0.1) is 0 Å². The summed E-state index contributed by atoms with van der Waals surface area (Å²) in [5.74, 6) is 0. The largest absolute Gasteiger partial charge is 0.457 e. The SMILES string of the molecule is Cc1nn(C)c(CB(O)O)c1Cl. The Hall–Kier alpha value is -0.515. The molecule has 1 aromatic rings. The molecule has 0 amide bonds. The zero-order chi connectivity index (χ0) is 9.30. The molecule has 2 N–H and O–H groups in total. The molecule has 0 spiro atoms. The third-order valence-electron chi connectivity index (χ3n) is 1.64. The fourth-order valence-corrected chi connectivity index (χ4v) is 1.31. The van der Waals surface area contributed by atoms with Gasteiger partial charge in [-0.2, -0.15) is 5.10 Å². The Morgan fingerprint density at radius 2 is 2.17 bits per heavy atom. The third-order valence-corrected chi connectivity index (χ3v) is 2.13. The number of rotatable bonds is 2. The lowest BCUT2D eigenvalue weighted by molar-refractivity contribution is 0.403. The van der Waals surface area contributed by atoms with Crippen molar-refractivity contribution in [2.45, 2.75) is 13.2 Å². The summed E-state index contributed by atoms with van der Waals surface area (Å²) < 4.78 is 1.55. The highest BCUT2D eigenvalue weighted by Gasteiger charge is 2.16. The van der Waals surface area contributed by atoms with Crippen molar-refractivity contribution >= 4 is 18.7 Å². The molecule has 0 aliphatic rings. The van der Waals surface area contributed by atoms with Gasteiger partial charge < -0.3 is 10.0 Å². The lowest BCUT2D eigenvalue weighted by Gasteiger charge is -2.00. The third kappa shape index (κ3) is 1.80. The molecule has 0 fully saturated rings. The van der Waals surface area contributed by atoms with Crippen LogP contribution in [0.2, 0.25) is 5.02 Å². The molecule has 0 unspecified atom stereocenters. The monoisotopic (exact) mass is 188 g/mol. The van der Waals surface area contributed by atoms with Crippen molar-refractivity contribution in [3.05, 3.63) is 16.4 Å². The van der Waals surface area contributed by atoms with Crippen molar-refractivity contribution in [2.75, 3.05) is 0 Å². The van der Waals surface area contributed by atoms with Crippen LogP contribution in [0.25, 0.3) is 0 Å². The summed E-state index contributed by atoms with van der Waals surface area (Å²) in [6.45, 7) is 1.77. The summed E-state index contributed by atoms with van der Waals surface area (Å²) in [4.78, 5) is 0. The van der Waals surface area contributed by atoms with Gasteiger partial charge in [-0.25, -0.2) is 0 Å². The average Bonchev–Trinajstić information content (AvgIpc) is 2.16. The number of hydrogen-bond acceptors (Lipinski definition) is 3. The first-order chi connectivity index (χ1) is 5.52. The van der Waals surface area contributed by atoms with Crippen LogP contribution in [0.5, 0.6) is 0 Å². The molecule has 66 valence electrons. The molecule has 0 saturated carbocycles. The Labute approximate surface area is 75.9 Å². The second-order valence-corrected chi connectivity index (χ2v) is 3.03. The molecular formula is C6H10BClN2O2. The number of aromatic nitrogens is 2. The van der Waals surface area contributed by atoms with Gasteiger partial charge in [0.2, 0.25) is 0 Å². The van der Waals surface area contributed by atoms with Gasteiger partial charge in [0.25, 0.3) is 0 Å². The number of aryl methyl sites for hydroxylation is 2. The minimum Gasteiger partial charge on any atom is -0.427 e. The smallest absolute Gasteiger partial charge is 0.427 e. The van der Waals surface area contributed by atoms with Crippen LogP contribution in [0.1, 0.15) is 11.4 Å². The maximum Gasteiger partial charge on any atom is 0.457 e. The first-order valence-electron chi connectivity index (χ1n) is 3.56. The van der Waals surface area contributed by atoms with Crippen LogP contribution in [0.15, 0.2) is 0 Å². The Morgan fingerprint density at radius 3 is 2.50 bits per heavy atom. The number of nitrogens with zero attached hydrogens (tertiary/aromatic N) is 2. The van der Waals surface area contributed by atoms with Crippen LogP contribution in [0.3, 0.4) is 0 Å². The average molecular weight is 188 g/mol. The van der Waals surface area contributed by atoms with Crippen molar-refractivity contribution in [3.8, 4) is 0 Å². The van der Waals surface area contributed by atoms with E-state index in [0.717, 1.165) is 0 Å². The quantitative estimate of drug-likeness (QED) is 0.639. The van der Waals surface area contributed by atoms with E-state index in [1.807, 2.05) is 0 Å². The Kier molecular flexibility index (Phi) is 2.77. The predicted octanol–water partition coefficient (Wildman–Crippen LogP) is -0.0636. The summed E-state index contributed by atoms with van der Waals surface area (Å²) in [6, 6.07) is 0. The summed E-state index contributed by atoms with van der Waals surface area (Å²) in [5, 5.41) is 22.0. The number of halogens is 1. The molecule has 0 saturated heterocycles. The lowest BCUT2D eigenvalue weighted by atomic mass is 9.84. The van der Waals surface area contributed by atoms with Crippen molar-refractivity contribution in [1.82, 2.24) is 9.78 Å². The normalized spacial score (nSPS) is 10.4. The summed E-state index contributed by atoms with van der Waals surface area (Å²) >= 11 is 5.85. The second-order valence-electron chi connectivity index (χ2n) is 2.65. The van der Waals surface area contributed by atoms with E-state index in [4.69, 9.17) is 21.6 Å². The standard InChI is InChI=1S/C6H10BClN2O2/c1-4-6(8)5(3-7(11)12)10(2)9-4/h11-12H,3H2,1-2H3. The van der Waals surface area contributed by atoms with Crippen LogP contribution < -0.4 is 0 Å². The van der Waals surface area contributed by atoms with Crippen LogP contribution >= 0.6 is 11.6 Å². The molecule has 1 rings (SSSR count). The fraction of sp³-hybridized carbons (Fsp3) is 0.500. The summed E-state index contributed by atoms with van der Waals surface area (Å²) in [7, 11) is 0.341. The first kappa shape index (κ1) is 9.57. The van der Waals surface area contributed by atoms with Gasteiger partial charge in [-0.3, -0.25) is 4.68 Å². The van der Waals surface area contributed by atoms with E-state index in [1.165, 1.54) is 0 Å². The van der Waals surface area contributed by atoms with Crippen molar-refractivity contribution in [3.63, 3.8) is 0 Å². The van der Waals surface area contributed by atoms with E-state index in [0.29, 0.717) is 16.4 Å². The second kappa shape index (κ2) is 3.47. The zero-order valence-corrected chi connectivity index (χ0v) is 7.71. The van der Waals surface area contributed by atoms with Crippen LogP contribution in [-0.2, 0) is 13.4 Å². The van der Waals surface area contributed by atoms with Crippen LogP contribution in [0.4, 0.5) is 0 Å². The van der Waals surface area contributed by atoms with Crippen molar-refractivity contribution < 1.29 is 10.0 Å². The number of hydrogen-bond donors (Lipinski definition) is 2. The molecule has 0 atom stereocenters. The summed E-state index contributed by atoms with van der Waals surface area (Å²) in [6.07, 6.45) is 0.107. The van der Waals surface area contributed by atoms with Crippen LogP contribution in [-0.4, -0.2) is 26.9 Å². The van der Waals surface area contributed by atoms with Gasteiger partial charge in [-0.05, 0) is 6.92 Å². The van der Waals surface area contributed by atoms with E-state index < -0.39 is 7.12 Å². The molecule has 6 heteroatoms. The van der Waals surface area contributed by atoms with Gasteiger partial charge in [0, 0.05) is 13.4 Å². The van der Waals surface area contributed by atoms with E-state index >= 15 is 0 Å². The van der Waals surface area contributed by atoms with E-state index in [2.05, 4.69) is 5.10 Å².